The number of anilines is 1. The van der Waals surface area contributed by atoms with Crippen LogP contribution in [0.1, 0.15) is 25.7 Å². The first-order valence-electron chi connectivity index (χ1n) is 7.56. The maximum atomic E-state index is 4.55. The van der Waals surface area contributed by atoms with Crippen LogP contribution < -0.4 is 10.2 Å². The first kappa shape index (κ1) is 12.5. The average molecular weight is 288 g/mol. The molecule has 0 aromatic carbocycles. The monoisotopic (exact) mass is 288 g/mol. The quantitative estimate of drug-likeness (QED) is 0.939. The molecule has 2 aliphatic rings. The van der Waals surface area contributed by atoms with Gasteiger partial charge in [0.1, 0.15) is 17.0 Å². The number of hydrogen-bond donors (Lipinski definition) is 1. The van der Waals surface area contributed by atoms with Crippen molar-refractivity contribution in [3.63, 3.8) is 0 Å². The summed E-state index contributed by atoms with van der Waals surface area (Å²) in [4.78, 5) is 12.5. The van der Waals surface area contributed by atoms with Gasteiger partial charge in [-0.1, -0.05) is 0 Å². The van der Waals surface area contributed by atoms with E-state index < -0.39 is 0 Å². The lowest BCUT2D eigenvalue weighted by atomic mass is 9.98. The van der Waals surface area contributed by atoms with Gasteiger partial charge in [0, 0.05) is 19.1 Å². The summed E-state index contributed by atoms with van der Waals surface area (Å²) in [5.41, 5.74) is 0. The molecule has 5 heteroatoms. The van der Waals surface area contributed by atoms with E-state index in [1.165, 1.54) is 37.6 Å². The molecule has 2 fully saturated rings. The molecule has 0 radical (unpaired) electrons. The number of fused-ring (bicyclic) bond motifs is 1. The van der Waals surface area contributed by atoms with Crippen molar-refractivity contribution in [1.29, 1.82) is 0 Å². The summed E-state index contributed by atoms with van der Waals surface area (Å²) in [7, 11) is 0. The van der Waals surface area contributed by atoms with Gasteiger partial charge in [-0.2, -0.15) is 0 Å². The van der Waals surface area contributed by atoms with Crippen molar-refractivity contribution in [2.45, 2.75) is 31.7 Å². The van der Waals surface area contributed by atoms with E-state index in [-0.39, 0.29) is 0 Å². The number of rotatable bonds is 4. The Morgan fingerprint density at radius 1 is 1.30 bits per heavy atom. The zero-order valence-electron chi connectivity index (χ0n) is 11.6. The summed E-state index contributed by atoms with van der Waals surface area (Å²) in [5.74, 6) is 1.89. The highest BCUT2D eigenvalue weighted by Crippen LogP contribution is 2.30. The molecule has 0 amide bonds. The molecule has 1 unspecified atom stereocenters. The summed E-state index contributed by atoms with van der Waals surface area (Å²) < 4.78 is 0. The van der Waals surface area contributed by atoms with E-state index in [0.717, 1.165) is 35.7 Å². The topological polar surface area (TPSA) is 41.1 Å². The van der Waals surface area contributed by atoms with Gasteiger partial charge in [0.15, 0.2) is 0 Å². The highest BCUT2D eigenvalue weighted by molar-refractivity contribution is 7.16. The predicted octanol–water partition coefficient (Wildman–Crippen LogP) is 2.66. The maximum Gasteiger partial charge on any atom is 0.140 e. The largest absolute Gasteiger partial charge is 0.356 e. The second-order valence-electron chi connectivity index (χ2n) is 5.97. The van der Waals surface area contributed by atoms with Crippen LogP contribution >= 0.6 is 11.3 Å². The number of thiophene rings is 1. The molecule has 2 aromatic rings. The maximum absolute atomic E-state index is 4.55. The van der Waals surface area contributed by atoms with Crippen LogP contribution in [0, 0.1) is 5.92 Å². The summed E-state index contributed by atoms with van der Waals surface area (Å²) in [6.45, 7) is 3.42. The Hall–Kier alpha value is -1.20. The number of piperidine rings is 1. The molecule has 1 saturated carbocycles. The Kier molecular flexibility index (Phi) is 3.32. The highest BCUT2D eigenvalue weighted by Gasteiger charge is 2.25. The second-order valence-corrected chi connectivity index (χ2v) is 6.87. The number of aromatic nitrogens is 2. The van der Waals surface area contributed by atoms with Gasteiger partial charge in [-0.05, 0) is 49.6 Å². The van der Waals surface area contributed by atoms with E-state index in [0.29, 0.717) is 0 Å². The third kappa shape index (κ3) is 2.52. The number of nitrogens with zero attached hydrogens (tertiary/aromatic N) is 3. The predicted molar refractivity (Wildman–Crippen MR) is 83.4 cm³/mol. The first-order chi connectivity index (χ1) is 9.90. The van der Waals surface area contributed by atoms with Crippen LogP contribution in [0.3, 0.4) is 0 Å². The van der Waals surface area contributed by atoms with Gasteiger partial charge < -0.3 is 10.2 Å². The third-order valence-corrected chi connectivity index (χ3v) is 5.15. The van der Waals surface area contributed by atoms with Crippen LogP contribution in [0.25, 0.3) is 10.2 Å². The summed E-state index contributed by atoms with van der Waals surface area (Å²) in [6, 6.07) is 2.97. The van der Waals surface area contributed by atoms with Gasteiger partial charge in [-0.3, -0.25) is 0 Å². The van der Waals surface area contributed by atoms with Crippen molar-refractivity contribution in [2.24, 2.45) is 5.92 Å². The van der Waals surface area contributed by atoms with E-state index in [1.54, 1.807) is 17.7 Å². The Labute approximate surface area is 123 Å². The summed E-state index contributed by atoms with van der Waals surface area (Å²) in [6.07, 6.45) is 7.07. The van der Waals surface area contributed by atoms with Crippen LogP contribution in [0.2, 0.25) is 0 Å². The van der Waals surface area contributed by atoms with E-state index in [9.17, 15) is 0 Å². The normalized spacial score (nSPS) is 23.4. The average Bonchev–Trinajstić information content (AvgIpc) is 3.20. The number of hydrogen-bond acceptors (Lipinski definition) is 5. The Bertz CT molecular complexity index is 592. The molecule has 0 bridgehead atoms. The van der Waals surface area contributed by atoms with Gasteiger partial charge in [-0.25, -0.2) is 9.97 Å². The third-order valence-electron chi connectivity index (χ3n) is 4.33. The van der Waals surface area contributed by atoms with Gasteiger partial charge >= 0.3 is 0 Å². The fourth-order valence-electron chi connectivity index (χ4n) is 3.07. The standard InChI is InChI=1S/C15H20N4S/c1-2-11(8-16-12-3-4-12)9-19(6-1)14-13-5-7-20-15(13)18-10-17-14/h5,7,10-12,16H,1-4,6,8-9H2. The molecule has 3 heterocycles. The molecule has 2 aromatic heterocycles. The van der Waals surface area contributed by atoms with Gasteiger partial charge in [0.2, 0.25) is 0 Å². The van der Waals surface area contributed by atoms with E-state index >= 15 is 0 Å². The Balaban J connectivity index is 1.50. The summed E-state index contributed by atoms with van der Waals surface area (Å²) in [5, 5.41) is 7.00. The zero-order chi connectivity index (χ0) is 13.4. The first-order valence-corrected chi connectivity index (χ1v) is 8.44. The van der Waals surface area contributed by atoms with E-state index in [2.05, 4.69) is 31.6 Å². The van der Waals surface area contributed by atoms with Crippen LogP contribution in [-0.4, -0.2) is 35.6 Å². The molecule has 106 valence electrons. The van der Waals surface area contributed by atoms with Gasteiger partial charge in [0.05, 0.1) is 5.39 Å². The van der Waals surface area contributed by atoms with Crippen molar-refractivity contribution < 1.29 is 0 Å². The zero-order valence-corrected chi connectivity index (χ0v) is 12.4. The minimum absolute atomic E-state index is 0.757. The smallest absolute Gasteiger partial charge is 0.140 e. The van der Waals surface area contributed by atoms with Crippen LogP contribution in [0.15, 0.2) is 17.8 Å². The van der Waals surface area contributed by atoms with E-state index in [4.69, 9.17) is 0 Å². The van der Waals surface area contributed by atoms with Gasteiger partial charge in [0.25, 0.3) is 0 Å². The van der Waals surface area contributed by atoms with Crippen LogP contribution in [0.4, 0.5) is 5.82 Å². The minimum atomic E-state index is 0.757. The van der Waals surface area contributed by atoms with Crippen LogP contribution in [0.5, 0.6) is 0 Å². The Morgan fingerprint density at radius 3 is 3.15 bits per heavy atom. The molecular formula is C15H20N4S. The molecule has 1 aliphatic carbocycles. The fourth-order valence-corrected chi connectivity index (χ4v) is 3.80. The lowest BCUT2D eigenvalue weighted by molar-refractivity contribution is 0.390. The molecule has 4 nitrogen and oxygen atoms in total. The van der Waals surface area contributed by atoms with Crippen molar-refractivity contribution in [3.8, 4) is 0 Å². The fraction of sp³-hybridized carbons (Fsp3) is 0.600. The van der Waals surface area contributed by atoms with Crippen LogP contribution in [-0.2, 0) is 0 Å². The van der Waals surface area contributed by atoms with E-state index in [1.807, 2.05) is 0 Å². The van der Waals surface area contributed by atoms with Gasteiger partial charge in [-0.15, -0.1) is 11.3 Å². The molecule has 1 saturated heterocycles. The summed E-state index contributed by atoms with van der Waals surface area (Å²) >= 11 is 1.70. The second kappa shape index (κ2) is 5.30. The molecule has 4 rings (SSSR count). The highest BCUT2D eigenvalue weighted by atomic mass is 32.1. The molecule has 1 atom stereocenters. The van der Waals surface area contributed by atoms with Crippen molar-refractivity contribution in [3.05, 3.63) is 17.8 Å². The molecule has 1 aliphatic heterocycles. The number of nitrogens with one attached hydrogen (secondary N) is 1. The molecule has 0 spiro atoms. The molecular weight excluding hydrogens is 268 g/mol. The van der Waals surface area contributed by atoms with Crippen molar-refractivity contribution in [2.75, 3.05) is 24.5 Å². The SMILES string of the molecule is c1nc(N2CCCC(CNC3CC3)C2)c2ccsc2n1. The van der Waals surface area contributed by atoms with Crippen molar-refractivity contribution >= 4 is 27.4 Å². The minimum Gasteiger partial charge on any atom is -0.356 e. The lowest BCUT2D eigenvalue weighted by Gasteiger charge is -2.34. The Morgan fingerprint density at radius 2 is 2.25 bits per heavy atom. The molecule has 1 N–H and O–H groups in total. The van der Waals surface area contributed by atoms with Crippen molar-refractivity contribution in [1.82, 2.24) is 15.3 Å². The lowest BCUT2D eigenvalue weighted by Crippen LogP contribution is -2.40. The molecule has 20 heavy (non-hydrogen) atoms.